The van der Waals surface area contributed by atoms with Gasteiger partial charge in [0.05, 0.1) is 5.56 Å². The lowest BCUT2D eigenvalue weighted by Crippen LogP contribution is -2.60. The molecule has 0 amide bonds. The van der Waals surface area contributed by atoms with Gasteiger partial charge in [-0.05, 0) is 25.1 Å². The molecule has 8 atom stereocenters. The molecule has 3 rings (SSSR count). The maximum absolute atomic E-state index is 14.7. The van der Waals surface area contributed by atoms with Gasteiger partial charge in [0, 0.05) is 63.9 Å². The minimum absolute atomic E-state index is 0.0684. The van der Waals surface area contributed by atoms with Gasteiger partial charge in [0.2, 0.25) is 0 Å². The van der Waals surface area contributed by atoms with Crippen molar-refractivity contribution in [3.8, 4) is 0 Å². The molecule has 1 aromatic carbocycles. The zero-order valence-electron chi connectivity index (χ0n) is 30.1. The summed E-state index contributed by atoms with van der Waals surface area (Å²) in [5, 5.41) is 0. The molecule has 13 nitrogen and oxygen atoms in total. The highest BCUT2D eigenvalue weighted by molar-refractivity contribution is 5.97. The zero-order chi connectivity index (χ0) is 37.8. The summed E-state index contributed by atoms with van der Waals surface area (Å²) in [5.74, 6) is -7.19. The van der Waals surface area contributed by atoms with Gasteiger partial charge >= 0.3 is 35.8 Å². The highest BCUT2D eigenvalue weighted by Crippen LogP contribution is 2.49. The lowest BCUT2D eigenvalue weighted by atomic mass is 9.74. The summed E-state index contributed by atoms with van der Waals surface area (Å²) < 4.78 is 35.2. The Morgan fingerprint density at radius 2 is 1.24 bits per heavy atom. The molecule has 0 heterocycles. The van der Waals surface area contributed by atoms with Crippen molar-refractivity contribution in [1.29, 1.82) is 0 Å². The third-order valence-corrected chi connectivity index (χ3v) is 8.68. The predicted molar refractivity (Wildman–Crippen MR) is 176 cm³/mol. The Bertz CT molecular complexity index is 1570. The number of esters is 6. The summed E-state index contributed by atoms with van der Waals surface area (Å²) in [5.41, 5.74) is -5.31. The minimum Gasteiger partial charge on any atom is -0.458 e. The molecule has 1 aromatic rings. The van der Waals surface area contributed by atoms with Gasteiger partial charge in [0.15, 0.2) is 35.3 Å². The number of hydrogen-bond acceptors (Lipinski definition) is 13. The Morgan fingerprint density at radius 1 is 0.700 bits per heavy atom. The summed E-state index contributed by atoms with van der Waals surface area (Å²) in [6.45, 7) is 13.4. The van der Waals surface area contributed by atoms with E-state index in [-0.39, 0.29) is 17.6 Å². The van der Waals surface area contributed by atoms with Crippen LogP contribution in [-0.2, 0) is 57.2 Å². The van der Waals surface area contributed by atoms with Gasteiger partial charge in [0.25, 0.3) is 0 Å². The van der Waals surface area contributed by atoms with Gasteiger partial charge in [-0.3, -0.25) is 28.8 Å². The Labute approximate surface area is 291 Å². The van der Waals surface area contributed by atoms with Crippen LogP contribution in [0.2, 0.25) is 0 Å². The fourth-order valence-corrected chi connectivity index (χ4v) is 6.70. The van der Waals surface area contributed by atoms with E-state index in [0.717, 1.165) is 34.6 Å². The molecule has 1 fully saturated rings. The average molecular weight is 699 g/mol. The monoisotopic (exact) mass is 698 g/mol. The van der Waals surface area contributed by atoms with Crippen LogP contribution in [0.4, 0.5) is 0 Å². The number of ketones is 1. The first-order valence-corrected chi connectivity index (χ1v) is 16.3. The highest BCUT2D eigenvalue weighted by Gasteiger charge is 2.61. The van der Waals surface area contributed by atoms with Crippen LogP contribution in [0.5, 0.6) is 0 Å². The molecule has 0 unspecified atom stereocenters. The summed E-state index contributed by atoms with van der Waals surface area (Å²) >= 11 is 0. The number of benzene rings is 1. The van der Waals surface area contributed by atoms with Crippen molar-refractivity contribution in [1.82, 2.24) is 0 Å². The van der Waals surface area contributed by atoms with E-state index in [1.807, 2.05) is 0 Å². The maximum Gasteiger partial charge on any atom is 0.338 e. The van der Waals surface area contributed by atoms with Gasteiger partial charge in [-0.15, -0.1) is 0 Å². The van der Waals surface area contributed by atoms with Crippen LogP contribution in [0, 0.1) is 17.3 Å². The lowest BCUT2D eigenvalue weighted by Gasteiger charge is -2.45. The second-order valence-corrected chi connectivity index (χ2v) is 13.6. The molecule has 0 aliphatic heterocycles. The van der Waals surface area contributed by atoms with Gasteiger partial charge in [-0.2, -0.15) is 0 Å². The number of ether oxygens (including phenoxy) is 6. The van der Waals surface area contributed by atoms with Gasteiger partial charge in [-0.25, -0.2) is 4.79 Å². The third kappa shape index (κ3) is 8.85. The van der Waals surface area contributed by atoms with E-state index >= 15 is 0 Å². The second-order valence-electron chi connectivity index (χ2n) is 13.6. The Kier molecular flexibility index (Phi) is 12.2. The van der Waals surface area contributed by atoms with E-state index in [1.54, 1.807) is 52.0 Å². The highest BCUT2D eigenvalue weighted by atomic mass is 16.6. The number of allylic oxidation sites excluding steroid dienone is 1. The standard InChI is InChI=1S/C37H46O13/c1-20-16-17-35(8,9)32(46-23(4)39)30(45-22(3)38)33(47-24(5)40)36(10,49-25(6)41)19-28-29(48-34(44)27-14-12-11-13-15-27)21(2)18-37(28,31(20)43)50-26(7)42/h11-17,19-21,29-30,32-33H,18H2,1-10H3/t20-,21+,29-,30+,32+,33-,36-,37+/m0/s1. The Hall–Kier alpha value is -4.81. The van der Waals surface area contributed by atoms with Crippen LogP contribution in [0.15, 0.2) is 54.1 Å². The first-order chi connectivity index (χ1) is 23.1. The summed E-state index contributed by atoms with van der Waals surface area (Å²) in [4.78, 5) is 91.9. The van der Waals surface area contributed by atoms with Crippen molar-refractivity contribution in [3.63, 3.8) is 0 Å². The Balaban J connectivity index is 2.53. The summed E-state index contributed by atoms with van der Waals surface area (Å²) in [6, 6.07) is 8.07. The van der Waals surface area contributed by atoms with Crippen LogP contribution in [0.1, 0.15) is 86.0 Å². The van der Waals surface area contributed by atoms with Crippen LogP contribution in [-0.4, -0.2) is 77.2 Å². The summed E-state index contributed by atoms with van der Waals surface area (Å²) in [6.07, 6.45) is -1.78. The SMILES string of the molecule is CC(=O)O[C@@H]1[C@@H](OC(C)=O)C(C)(C)C=C[C@H](C)C(=O)[C@@]2(OC(C)=O)C[C@@H](C)[C@H](OC(=O)c3ccccc3)C2=C[C@](C)(OC(C)=O)[C@H]1OC(C)=O. The van der Waals surface area contributed by atoms with Crippen molar-refractivity contribution in [3.05, 3.63) is 59.7 Å². The first kappa shape index (κ1) is 39.6. The molecule has 13 heteroatoms. The Morgan fingerprint density at radius 3 is 1.76 bits per heavy atom. The lowest BCUT2D eigenvalue weighted by molar-refractivity contribution is -0.213. The molecule has 0 N–H and O–H groups in total. The second kappa shape index (κ2) is 15.4. The van der Waals surface area contributed by atoms with Crippen LogP contribution in [0.3, 0.4) is 0 Å². The zero-order valence-corrected chi connectivity index (χ0v) is 30.1. The predicted octanol–water partition coefficient (Wildman–Crippen LogP) is 4.40. The largest absolute Gasteiger partial charge is 0.458 e. The molecule has 2 aliphatic carbocycles. The molecular weight excluding hydrogens is 652 g/mol. The molecule has 272 valence electrons. The number of fused-ring (bicyclic) bond motifs is 1. The normalized spacial score (nSPS) is 30.6. The van der Waals surface area contributed by atoms with Crippen molar-refractivity contribution in [2.24, 2.45) is 17.3 Å². The third-order valence-electron chi connectivity index (χ3n) is 8.68. The topological polar surface area (TPSA) is 175 Å². The molecule has 2 aliphatic rings. The van der Waals surface area contributed by atoms with Gasteiger partial charge in [-0.1, -0.05) is 58.0 Å². The quantitative estimate of drug-likeness (QED) is 0.223. The molecule has 0 spiro atoms. The van der Waals surface area contributed by atoms with Crippen LogP contribution >= 0.6 is 0 Å². The molecular formula is C37H46O13. The maximum atomic E-state index is 14.7. The minimum atomic E-state index is -2.15. The van der Waals surface area contributed by atoms with E-state index in [2.05, 4.69) is 0 Å². The smallest absolute Gasteiger partial charge is 0.338 e. The average Bonchev–Trinajstić information content (AvgIpc) is 3.24. The van der Waals surface area contributed by atoms with E-state index < -0.39 is 94.5 Å². The number of hydrogen-bond donors (Lipinski definition) is 0. The van der Waals surface area contributed by atoms with Crippen molar-refractivity contribution >= 4 is 41.6 Å². The van der Waals surface area contributed by atoms with Gasteiger partial charge < -0.3 is 28.4 Å². The summed E-state index contributed by atoms with van der Waals surface area (Å²) in [7, 11) is 0. The van der Waals surface area contributed by atoms with E-state index in [0.29, 0.717) is 0 Å². The fraction of sp³-hybridized carbons (Fsp3) is 0.541. The number of carbonyl (C=O) groups excluding carboxylic acids is 7. The van der Waals surface area contributed by atoms with E-state index in [1.165, 1.54) is 31.2 Å². The molecule has 1 saturated carbocycles. The van der Waals surface area contributed by atoms with Crippen molar-refractivity contribution in [2.75, 3.05) is 0 Å². The number of rotatable bonds is 7. The fourth-order valence-electron chi connectivity index (χ4n) is 6.70. The van der Waals surface area contributed by atoms with Crippen LogP contribution < -0.4 is 0 Å². The van der Waals surface area contributed by atoms with Crippen molar-refractivity contribution < 1.29 is 62.0 Å². The van der Waals surface area contributed by atoms with E-state index in [9.17, 15) is 33.6 Å². The van der Waals surface area contributed by atoms with E-state index in [4.69, 9.17) is 28.4 Å². The molecule has 0 bridgehead atoms. The molecule has 0 aromatic heterocycles. The molecule has 0 saturated heterocycles. The number of Topliss-reactive ketones (excluding diaryl/α,β-unsaturated/α-hetero) is 1. The number of carbonyl (C=O) groups is 7. The molecule has 50 heavy (non-hydrogen) atoms. The van der Waals surface area contributed by atoms with Crippen molar-refractivity contribution in [2.45, 2.75) is 111 Å². The van der Waals surface area contributed by atoms with Crippen LogP contribution in [0.25, 0.3) is 0 Å². The molecule has 0 radical (unpaired) electrons. The van der Waals surface area contributed by atoms with Gasteiger partial charge in [0.1, 0.15) is 6.10 Å². The first-order valence-electron chi connectivity index (χ1n) is 16.3.